The molecule has 1 aromatic rings. The van der Waals surface area contributed by atoms with E-state index in [0.29, 0.717) is 10.3 Å². The summed E-state index contributed by atoms with van der Waals surface area (Å²) in [5.41, 5.74) is 3.38. The molecule has 1 aliphatic carbocycles. The summed E-state index contributed by atoms with van der Waals surface area (Å²) in [6.45, 7) is 4.79. The molecule has 0 unspecified atom stereocenters. The number of anilines is 1. The molecular formula is C14H19N3S. The summed E-state index contributed by atoms with van der Waals surface area (Å²) in [7, 11) is 0. The Kier molecular flexibility index (Phi) is 3.82. The zero-order valence-electron chi connectivity index (χ0n) is 11.2. The van der Waals surface area contributed by atoms with Crippen molar-refractivity contribution in [2.45, 2.75) is 37.9 Å². The van der Waals surface area contributed by atoms with Crippen LogP contribution < -0.4 is 5.32 Å². The van der Waals surface area contributed by atoms with E-state index < -0.39 is 0 Å². The van der Waals surface area contributed by atoms with Crippen molar-refractivity contribution in [1.82, 2.24) is 4.98 Å². The third-order valence-electron chi connectivity index (χ3n) is 3.74. The number of aromatic nitrogens is 1. The predicted octanol–water partition coefficient (Wildman–Crippen LogP) is 3.27. The van der Waals surface area contributed by atoms with Crippen molar-refractivity contribution in [2.75, 3.05) is 18.1 Å². The van der Waals surface area contributed by atoms with Crippen molar-refractivity contribution in [3.63, 3.8) is 0 Å². The van der Waals surface area contributed by atoms with E-state index in [2.05, 4.69) is 22.6 Å². The van der Waals surface area contributed by atoms with E-state index in [-0.39, 0.29) is 0 Å². The lowest BCUT2D eigenvalue weighted by molar-refractivity contribution is 0.380. The fourth-order valence-corrected chi connectivity index (χ4v) is 3.30. The second-order valence-corrected chi connectivity index (χ2v) is 6.25. The maximum Gasteiger partial charge on any atom is 0.103 e. The van der Waals surface area contributed by atoms with Gasteiger partial charge in [0.15, 0.2) is 0 Å². The Balaban J connectivity index is 2.16. The molecule has 0 saturated heterocycles. The molecule has 0 bridgehead atoms. The van der Waals surface area contributed by atoms with Gasteiger partial charge in [-0.2, -0.15) is 17.0 Å². The Bertz CT molecular complexity index is 481. The lowest BCUT2D eigenvalue weighted by Crippen LogP contribution is -2.40. The maximum absolute atomic E-state index is 9.21. The van der Waals surface area contributed by atoms with Crippen LogP contribution in [-0.2, 0) is 0 Å². The third kappa shape index (κ3) is 2.46. The van der Waals surface area contributed by atoms with E-state index in [0.717, 1.165) is 23.6 Å². The predicted molar refractivity (Wildman–Crippen MR) is 77.0 cm³/mol. The van der Waals surface area contributed by atoms with Crippen molar-refractivity contribution in [3.8, 4) is 6.07 Å². The molecule has 1 fully saturated rings. The molecule has 96 valence electrons. The first-order chi connectivity index (χ1) is 8.60. The Morgan fingerprint density at radius 2 is 2.22 bits per heavy atom. The van der Waals surface area contributed by atoms with Crippen molar-refractivity contribution >= 4 is 17.4 Å². The normalized spacial score (nSPS) is 16.8. The fraction of sp³-hybridized carbons (Fsp3) is 0.571. The number of thioether (sulfide) groups is 1. The fourth-order valence-electron chi connectivity index (χ4n) is 2.39. The summed E-state index contributed by atoms with van der Waals surface area (Å²) in [6, 6.07) is 4.22. The van der Waals surface area contributed by atoms with Crippen molar-refractivity contribution in [3.05, 3.63) is 23.0 Å². The molecule has 3 nitrogen and oxygen atoms in total. The molecule has 1 aromatic heterocycles. The lowest BCUT2D eigenvalue weighted by atomic mass is 9.84. The highest BCUT2D eigenvalue weighted by Crippen LogP contribution is 2.42. The average molecular weight is 261 g/mol. The Hall–Kier alpha value is -1.21. The third-order valence-corrected chi connectivity index (χ3v) is 5.16. The molecule has 1 heterocycles. The maximum atomic E-state index is 9.21. The number of pyridine rings is 1. The molecular weight excluding hydrogens is 242 g/mol. The summed E-state index contributed by atoms with van der Waals surface area (Å²) in [4.78, 5) is 4.34. The minimum atomic E-state index is 0.373. The second kappa shape index (κ2) is 5.19. The first kappa shape index (κ1) is 13.2. The topological polar surface area (TPSA) is 48.7 Å². The molecule has 0 amide bonds. The Morgan fingerprint density at radius 3 is 2.72 bits per heavy atom. The minimum absolute atomic E-state index is 0.373. The van der Waals surface area contributed by atoms with Gasteiger partial charge in [0.1, 0.15) is 6.07 Å². The highest BCUT2D eigenvalue weighted by atomic mass is 32.2. The van der Waals surface area contributed by atoms with Crippen LogP contribution in [0.5, 0.6) is 0 Å². The number of rotatable bonds is 4. The number of hydrogen-bond acceptors (Lipinski definition) is 4. The largest absolute Gasteiger partial charge is 0.382 e. The summed E-state index contributed by atoms with van der Waals surface area (Å²) in [6.07, 6.45) is 6.04. The molecule has 0 spiro atoms. The van der Waals surface area contributed by atoms with Gasteiger partial charge >= 0.3 is 0 Å². The van der Waals surface area contributed by atoms with Crippen LogP contribution in [0.15, 0.2) is 6.07 Å². The summed E-state index contributed by atoms with van der Waals surface area (Å²) in [5.74, 6) is 0. The monoisotopic (exact) mass is 261 g/mol. The summed E-state index contributed by atoms with van der Waals surface area (Å²) in [5, 5.41) is 12.7. The average Bonchev–Trinajstić information content (AvgIpc) is 2.27. The van der Waals surface area contributed by atoms with Crippen LogP contribution >= 0.6 is 11.8 Å². The van der Waals surface area contributed by atoms with Gasteiger partial charge < -0.3 is 5.32 Å². The van der Waals surface area contributed by atoms with E-state index in [1.165, 1.54) is 19.3 Å². The number of nitrogens with zero attached hydrogens (tertiary/aromatic N) is 2. The molecule has 1 aliphatic rings. The first-order valence-corrected chi connectivity index (χ1v) is 7.50. The van der Waals surface area contributed by atoms with Crippen molar-refractivity contribution in [1.29, 1.82) is 5.26 Å². The zero-order chi connectivity index (χ0) is 13.2. The minimum Gasteiger partial charge on any atom is -0.382 e. The van der Waals surface area contributed by atoms with E-state index in [1.54, 1.807) is 0 Å². The number of aryl methyl sites for hydroxylation is 2. The number of hydrogen-bond donors (Lipinski definition) is 1. The van der Waals surface area contributed by atoms with E-state index in [4.69, 9.17) is 0 Å². The quantitative estimate of drug-likeness (QED) is 0.903. The summed E-state index contributed by atoms with van der Waals surface area (Å²) >= 11 is 1.94. The smallest absolute Gasteiger partial charge is 0.103 e. The van der Waals surface area contributed by atoms with Crippen LogP contribution in [-0.4, -0.2) is 22.5 Å². The van der Waals surface area contributed by atoms with E-state index in [9.17, 15) is 5.26 Å². The Morgan fingerprint density at radius 1 is 1.50 bits per heavy atom. The molecule has 4 heteroatoms. The van der Waals surface area contributed by atoms with Crippen LogP contribution in [0.1, 0.15) is 36.2 Å². The summed E-state index contributed by atoms with van der Waals surface area (Å²) < 4.78 is 0.373. The second-order valence-electron chi connectivity index (χ2n) is 4.98. The van der Waals surface area contributed by atoms with Crippen molar-refractivity contribution in [2.24, 2.45) is 0 Å². The SMILES string of the molecule is CSC1(CNc2cc(C)nc(C)c2C#N)CCC1. The van der Waals surface area contributed by atoms with E-state index in [1.807, 2.05) is 31.7 Å². The van der Waals surface area contributed by atoms with Crippen LogP contribution in [0.2, 0.25) is 0 Å². The van der Waals surface area contributed by atoms with Gasteiger partial charge in [-0.3, -0.25) is 4.98 Å². The molecule has 1 saturated carbocycles. The Labute approximate surface area is 113 Å². The molecule has 18 heavy (non-hydrogen) atoms. The van der Waals surface area contributed by atoms with Crippen molar-refractivity contribution < 1.29 is 0 Å². The molecule has 0 aliphatic heterocycles. The van der Waals surface area contributed by atoms with Crippen LogP contribution in [0.25, 0.3) is 0 Å². The van der Waals surface area contributed by atoms with Crippen LogP contribution in [0.3, 0.4) is 0 Å². The van der Waals surface area contributed by atoms with Gasteiger partial charge in [0.05, 0.1) is 16.9 Å². The number of nitrogens with one attached hydrogen (secondary N) is 1. The van der Waals surface area contributed by atoms with Gasteiger partial charge in [-0.25, -0.2) is 0 Å². The zero-order valence-corrected chi connectivity index (χ0v) is 12.0. The van der Waals surface area contributed by atoms with Crippen LogP contribution in [0.4, 0.5) is 5.69 Å². The van der Waals surface area contributed by atoms with Gasteiger partial charge in [-0.1, -0.05) is 6.42 Å². The molecule has 0 atom stereocenters. The highest BCUT2D eigenvalue weighted by molar-refractivity contribution is 8.00. The highest BCUT2D eigenvalue weighted by Gasteiger charge is 2.35. The van der Waals surface area contributed by atoms with Gasteiger partial charge in [0.2, 0.25) is 0 Å². The molecule has 1 N–H and O–H groups in total. The van der Waals surface area contributed by atoms with Gasteiger partial charge in [0, 0.05) is 17.0 Å². The van der Waals surface area contributed by atoms with E-state index >= 15 is 0 Å². The molecule has 2 rings (SSSR count). The lowest BCUT2D eigenvalue weighted by Gasteiger charge is -2.40. The molecule has 0 aromatic carbocycles. The first-order valence-electron chi connectivity index (χ1n) is 6.27. The van der Waals surface area contributed by atoms with Crippen LogP contribution in [0, 0.1) is 25.2 Å². The standard InChI is InChI=1S/C14H19N3S/c1-10-7-13(12(8-15)11(2)17-10)16-9-14(18-3)5-4-6-14/h7H,4-6,9H2,1-3H3,(H,16,17). The molecule has 0 radical (unpaired) electrons. The van der Waals surface area contributed by atoms with Gasteiger partial charge in [-0.15, -0.1) is 0 Å². The van der Waals surface area contributed by atoms with Gasteiger partial charge in [-0.05, 0) is 39.0 Å². The van der Waals surface area contributed by atoms with Gasteiger partial charge in [0.25, 0.3) is 0 Å². The number of nitriles is 1.